The van der Waals surface area contributed by atoms with Gasteiger partial charge in [0.15, 0.2) is 0 Å². The molecule has 5 nitrogen and oxygen atoms in total. The normalized spacial score (nSPS) is 14.9. The summed E-state index contributed by atoms with van der Waals surface area (Å²) in [6.45, 7) is 3.71. The van der Waals surface area contributed by atoms with Crippen LogP contribution in [0.3, 0.4) is 0 Å². The number of ether oxygens (including phenoxy) is 1. The molecule has 2 aromatic rings. The summed E-state index contributed by atoms with van der Waals surface area (Å²) in [5.74, 6) is -0.610. The second-order valence-electron chi connectivity index (χ2n) is 6.37. The second kappa shape index (κ2) is 6.67. The number of hydrogen-bond acceptors (Lipinski definition) is 3. The van der Waals surface area contributed by atoms with Gasteiger partial charge in [-0.25, -0.2) is 4.79 Å². The Morgan fingerprint density at radius 3 is 2.44 bits per heavy atom. The lowest BCUT2D eigenvalue weighted by Gasteiger charge is -2.18. The summed E-state index contributed by atoms with van der Waals surface area (Å²) >= 11 is 3.43. The Morgan fingerprint density at radius 2 is 1.92 bits per heavy atom. The van der Waals surface area contributed by atoms with Gasteiger partial charge in [-0.3, -0.25) is 4.79 Å². The molecule has 1 aliphatic carbocycles. The first-order valence-corrected chi connectivity index (χ1v) is 9.09. The number of nitrogens with one attached hydrogen (secondary N) is 2. The number of amides is 1. The summed E-state index contributed by atoms with van der Waals surface area (Å²) in [6.07, 6.45) is 2.44. The van der Waals surface area contributed by atoms with E-state index in [9.17, 15) is 9.59 Å². The van der Waals surface area contributed by atoms with Gasteiger partial charge in [0.05, 0.1) is 18.2 Å². The van der Waals surface area contributed by atoms with Crippen LogP contribution in [0.4, 0.5) is 0 Å². The van der Waals surface area contributed by atoms with Crippen molar-refractivity contribution in [1.82, 2.24) is 10.3 Å². The van der Waals surface area contributed by atoms with Gasteiger partial charge >= 0.3 is 5.97 Å². The molecule has 0 unspecified atom stereocenters. The van der Waals surface area contributed by atoms with E-state index in [0.29, 0.717) is 23.2 Å². The van der Waals surface area contributed by atoms with Crippen molar-refractivity contribution in [3.8, 4) is 0 Å². The van der Waals surface area contributed by atoms with Crippen LogP contribution in [-0.2, 0) is 16.7 Å². The highest BCUT2D eigenvalue weighted by Gasteiger charge is 2.46. The number of carbonyl (C=O) groups is 2. The molecule has 1 aliphatic rings. The molecule has 0 atom stereocenters. The van der Waals surface area contributed by atoms with E-state index in [-0.39, 0.29) is 11.4 Å². The average molecular weight is 405 g/mol. The van der Waals surface area contributed by atoms with Crippen molar-refractivity contribution >= 4 is 27.8 Å². The van der Waals surface area contributed by atoms with E-state index in [4.69, 9.17) is 4.74 Å². The smallest absolute Gasteiger partial charge is 0.339 e. The molecule has 1 amide bonds. The predicted octanol–water partition coefficient (Wildman–Crippen LogP) is 3.85. The summed E-state index contributed by atoms with van der Waals surface area (Å²) < 4.78 is 5.86. The molecule has 1 saturated carbocycles. The van der Waals surface area contributed by atoms with Crippen LogP contribution in [0.15, 0.2) is 28.7 Å². The summed E-state index contributed by atoms with van der Waals surface area (Å²) in [4.78, 5) is 28.0. The molecular weight excluding hydrogens is 384 g/mol. The Morgan fingerprint density at radius 1 is 1.28 bits per heavy atom. The number of halogens is 1. The lowest BCUT2D eigenvalue weighted by molar-refractivity contribution is 0.0599. The second-order valence-corrected chi connectivity index (χ2v) is 7.28. The third kappa shape index (κ3) is 3.23. The van der Waals surface area contributed by atoms with Crippen LogP contribution in [0.5, 0.6) is 0 Å². The highest BCUT2D eigenvalue weighted by molar-refractivity contribution is 9.10. The van der Waals surface area contributed by atoms with Crippen molar-refractivity contribution in [2.75, 3.05) is 7.11 Å². The van der Waals surface area contributed by atoms with Crippen LogP contribution < -0.4 is 5.32 Å². The maximum absolute atomic E-state index is 12.9. The van der Waals surface area contributed by atoms with Crippen molar-refractivity contribution < 1.29 is 14.3 Å². The van der Waals surface area contributed by atoms with E-state index in [2.05, 4.69) is 26.2 Å². The van der Waals surface area contributed by atoms with Gasteiger partial charge in [0, 0.05) is 10.2 Å². The van der Waals surface area contributed by atoms with Crippen molar-refractivity contribution in [3.05, 3.63) is 56.8 Å². The fourth-order valence-electron chi connectivity index (χ4n) is 3.19. The van der Waals surface area contributed by atoms with E-state index in [1.54, 1.807) is 6.92 Å². The highest BCUT2D eigenvalue weighted by Crippen LogP contribution is 2.46. The van der Waals surface area contributed by atoms with Crippen LogP contribution >= 0.6 is 15.9 Å². The van der Waals surface area contributed by atoms with E-state index in [1.165, 1.54) is 7.11 Å². The zero-order chi connectivity index (χ0) is 18.2. The monoisotopic (exact) mass is 404 g/mol. The Balaban J connectivity index is 1.88. The van der Waals surface area contributed by atoms with Crippen LogP contribution in [0, 0.1) is 6.92 Å². The van der Waals surface area contributed by atoms with Gasteiger partial charge in [-0.2, -0.15) is 0 Å². The molecule has 3 rings (SSSR count). The lowest BCUT2D eigenvalue weighted by Crippen LogP contribution is -2.35. The minimum Gasteiger partial charge on any atom is -0.465 e. The number of hydrogen-bond donors (Lipinski definition) is 2. The molecule has 0 bridgehead atoms. The molecule has 0 spiro atoms. The van der Waals surface area contributed by atoms with Crippen LogP contribution in [0.25, 0.3) is 0 Å². The molecule has 2 N–H and O–H groups in total. The van der Waals surface area contributed by atoms with Crippen molar-refractivity contribution in [2.45, 2.75) is 38.6 Å². The van der Waals surface area contributed by atoms with Gasteiger partial charge in [-0.1, -0.05) is 35.0 Å². The number of rotatable bonds is 5. The summed E-state index contributed by atoms with van der Waals surface area (Å²) in [5.41, 5.74) is 3.03. The topological polar surface area (TPSA) is 71.2 Å². The lowest BCUT2D eigenvalue weighted by atomic mass is 10.0. The number of benzene rings is 1. The maximum Gasteiger partial charge on any atom is 0.339 e. The number of esters is 1. The molecular formula is C19H21BrN2O3. The van der Waals surface area contributed by atoms with Crippen LogP contribution in [-0.4, -0.2) is 24.0 Å². The van der Waals surface area contributed by atoms with Gasteiger partial charge < -0.3 is 15.0 Å². The largest absolute Gasteiger partial charge is 0.465 e. The van der Waals surface area contributed by atoms with Gasteiger partial charge in [-0.05, 0) is 49.4 Å². The Labute approximate surface area is 155 Å². The predicted molar refractivity (Wildman–Crippen MR) is 98.8 cm³/mol. The minimum absolute atomic E-state index is 0.192. The SMILES string of the molecule is CCc1[nH]c(C(=O)NC2(c3ccc(Br)cc3)CC2)c(C)c1C(=O)OC. The molecule has 1 aromatic heterocycles. The number of H-pyrrole nitrogens is 1. The van der Waals surface area contributed by atoms with E-state index >= 15 is 0 Å². The fourth-order valence-corrected chi connectivity index (χ4v) is 3.45. The first-order valence-electron chi connectivity index (χ1n) is 8.30. The van der Waals surface area contributed by atoms with Crippen LogP contribution in [0.1, 0.15) is 57.4 Å². The van der Waals surface area contributed by atoms with E-state index in [0.717, 1.165) is 28.6 Å². The first-order chi connectivity index (χ1) is 11.9. The van der Waals surface area contributed by atoms with E-state index < -0.39 is 5.97 Å². The standard InChI is InChI=1S/C19H21BrN2O3/c1-4-14-15(18(24)25-3)11(2)16(21-14)17(23)22-19(9-10-19)12-5-7-13(20)8-6-12/h5-8,21H,4,9-10H2,1-3H3,(H,22,23). The van der Waals surface area contributed by atoms with Crippen molar-refractivity contribution in [2.24, 2.45) is 0 Å². The maximum atomic E-state index is 12.9. The zero-order valence-corrected chi connectivity index (χ0v) is 16.1. The Bertz CT molecular complexity index is 820. The number of carbonyl (C=O) groups excluding carboxylic acids is 2. The van der Waals surface area contributed by atoms with E-state index in [1.807, 2.05) is 31.2 Å². The number of aryl methyl sites for hydroxylation is 1. The quantitative estimate of drug-likeness (QED) is 0.743. The Hall–Kier alpha value is -2.08. The fraction of sp³-hybridized carbons (Fsp3) is 0.368. The third-order valence-corrected chi connectivity index (χ3v) is 5.33. The molecule has 6 heteroatoms. The molecule has 25 heavy (non-hydrogen) atoms. The van der Waals surface area contributed by atoms with Crippen molar-refractivity contribution in [1.29, 1.82) is 0 Å². The number of aromatic amines is 1. The molecule has 1 heterocycles. The zero-order valence-electron chi connectivity index (χ0n) is 14.5. The van der Waals surface area contributed by atoms with Gasteiger partial charge in [0.2, 0.25) is 0 Å². The Kier molecular flexibility index (Phi) is 4.73. The number of methoxy groups -OCH3 is 1. The summed E-state index contributed by atoms with van der Waals surface area (Å²) in [5, 5.41) is 3.14. The molecule has 132 valence electrons. The minimum atomic E-state index is -0.418. The van der Waals surface area contributed by atoms with Gasteiger partial charge in [0.25, 0.3) is 5.91 Å². The molecule has 0 saturated heterocycles. The third-order valence-electron chi connectivity index (χ3n) is 4.80. The highest BCUT2D eigenvalue weighted by atomic mass is 79.9. The first kappa shape index (κ1) is 17.7. The van der Waals surface area contributed by atoms with Gasteiger partial charge in [-0.15, -0.1) is 0 Å². The summed E-state index contributed by atoms with van der Waals surface area (Å²) in [7, 11) is 1.35. The van der Waals surface area contributed by atoms with Gasteiger partial charge in [0.1, 0.15) is 5.69 Å². The molecule has 0 aliphatic heterocycles. The number of aromatic nitrogens is 1. The molecule has 1 fully saturated rings. The molecule has 0 radical (unpaired) electrons. The van der Waals surface area contributed by atoms with Crippen LogP contribution in [0.2, 0.25) is 0 Å². The molecule has 1 aromatic carbocycles. The summed E-state index contributed by atoms with van der Waals surface area (Å²) in [6, 6.07) is 8.00. The van der Waals surface area contributed by atoms with Crippen molar-refractivity contribution in [3.63, 3.8) is 0 Å². The average Bonchev–Trinajstić information content (AvgIpc) is 3.30.